The molecule has 0 bridgehead atoms. The Bertz CT molecular complexity index is 601. The number of likely N-dealkylation sites (N-methyl/N-ethyl adjacent to an activating group) is 1. The van der Waals surface area contributed by atoms with Gasteiger partial charge >= 0.3 is 0 Å². The highest BCUT2D eigenvalue weighted by atomic mass is 32.2. The first-order valence-corrected chi connectivity index (χ1v) is 9.44. The molecule has 1 aliphatic rings. The van der Waals surface area contributed by atoms with Crippen molar-refractivity contribution in [2.75, 3.05) is 40.3 Å². The van der Waals surface area contributed by atoms with Crippen molar-refractivity contribution < 1.29 is 12.8 Å². The highest BCUT2D eigenvalue weighted by Crippen LogP contribution is 2.19. The van der Waals surface area contributed by atoms with E-state index in [1.54, 1.807) is 18.2 Å². The normalized spacial score (nSPS) is 17.1. The standard InChI is InChI=1S/C16H26FN3O2S/c1-18(2)12-13-20(14-15-8-4-5-9-16(15)17)23(21,22)19-10-6-3-7-11-19/h4-5,8-9H,3,6-7,10-14H2,1-2H3. The van der Waals surface area contributed by atoms with E-state index in [1.165, 1.54) is 14.7 Å². The summed E-state index contributed by atoms with van der Waals surface area (Å²) in [6.07, 6.45) is 2.85. The van der Waals surface area contributed by atoms with E-state index in [0.29, 0.717) is 31.7 Å². The highest BCUT2D eigenvalue weighted by Gasteiger charge is 2.31. The Kier molecular flexibility index (Phi) is 6.52. The minimum Gasteiger partial charge on any atom is -0.308 e. The van der Waals surface area contributed by atoms with Gasteiger partial charge in [0, 0.05) is 38.3 Å². The van der Waals surface area contributed by atoms with Gasteiger partial charge in [0.2, 0.25) is 0 Å². The van der Waals surface area contributed by atoms with Crippen LogP contribution < -0.4 is 0 Å². The smallest absolute Gasteiger partial charge is 0.282 e. The lowest BCUT2D eigenvalue weighted by molar-refractivity contribution is 0.279. The van der Waals surface area contributed by atoms with Gasteiger partial charge in [-0.25, -0.2) is 4.39 Å². The average Bonchev–Trinajstić information content (AvgIpc) is 2.53. The number of piperidine rings is 1. The van der Waals surface area contributed by atoms with Crippen molar-refractivity contribution in [1.82, 2.24) is 13.5 Å². The molecule has 5 nitrogen and oxygen atoms in total. The topological polar surface area (TPSA) is 43.9 Å². The zero-order valence-corrected chi connectivity index (χ0v) is 14.7. The van der Waals surface area contributed by atoms with Crippen molar-refractivity contribution in [1.29, 1.82) is 0 Å². The highest BCUT2D eigenvalue weighted by molar-refractivity contribution is 7.86. The first-order valence-electron chi connectivity index (χ1n) is 8.04. The second-order valence-electron chi connectivity index (χ2n) is 6.20. The van der Waals surface area contributed by atoms with Crippen LogP contribution in [0.5, 0.6) is 0 Å². The molecule has 1 saturated heterocycles. The van der Waals surface area contributed by atoms with Crippen molar-refractivity contribution in [3.8, 4) is 0 Å². The van der Waals surface area contributed by atoms with Crippen molar-refractivity contribution in [3.05, 3.63) is 35.6 Å². The molecular formula is C16H26FN3O2S. The van der Waals surface area contributed by atoms with E-state index in [1.807, 2.05) is 19.0 Å². The van der Waals surface area contributed by atoms with Crippen LogP contribution in [-0.4, -0.2) is 62.2 Å². The molecule has 1 fully saturated rings. The molecule has 0 N–H and O–H groups in total. The van der Waals surface area contributed by atoms with Gasteiger partial charge < -0.3 is 4.90 Å². The van der Waals surface area contributed by atoms with Crippen LogP contribution in [0.2, 0.25) is 0 Å². The van der Waals surface area contributed by atoms with E-state index in [9.17, 15) is 12.8 Å². The van der Waals surface area contributed by atoms with E-state index >= 15 is 0 Å². The SMILES string of the molecule is CN(C)CCN(Cc1ccccc1F)S(=O)(=O)N1CCCCC1. The van der Waals surface area contributed by atoms with E-state index in [0.717, 1.165) is 19.3 Å². The third-order valence-electron chi connectivity index (χ3n) is 4.07. The van der Waals surface area contributed by atoms with Gasteiger partial charge in [-0.15, -0.1) is 0 Å². The largest absolute Gasteiger partial charge is 0.308 e. The van der Waals surface area contributed by atoms with E-state index in [4.69, 9.17) is 0 Å². The molecule has 0 aromatic heterocycles. The van der Waals surface area contributed by atoms with Gasteiger partial charge in [0.05, 0.1) is 0 Å². The lowest BCUT2D eigenvalue weighted by Gasteiger charge is -2.32. The van der Waals surface area contributed by atoms with Crippen LogP contribution in [0.3, 0.4) is 0 Å². The van der Waals surface area contributed by atoms with Crippen molar-refractivity contribution in [2.24, 2.45) is 0 Å². The number of hydrogen-bond donors (Lipinski definition) is 0. The van der Waals surface area contributed by atoms with E-state index in [2.05, 4.69) is 0 Å². The summed E-state index contributed by atoms with van der Waals surface area (Å²) in [5.74, 6) is -0.365. The quantitative estimate of drug-likeness (QED) is 0.760. The summed E-state index contributed by atoms with van der Waals surface area (Å²) in [5.41, 5.74) is 0.409. The van der Waals surface area contributed by atoms with E-state index in [-0.39, 0.29) is 12.4 Å². The number of halogens is 1. The number of rotatable bonds is 7. The third-order valence-corrected chi connectivity index (χ3v) is 6.05. The summed E-state index contributed by atoms with van der Waals surface area (Å²) in [5, 5.41) is 0. The van der Waals surface area contributed by atoms with Gasteiger partial charge in [-0.2, -0.15) is 17.0 Å². The molecule has 1 aliphatic heterocycles. The Labute approximate surface area is 138 Å². The Balaban J connectivity index is 2.20. The van der Waals surface area contributed by atoms with Gasteiger partial charge in [-0.3, -0.25) is 0 Å². The molecule has 0 aliphatic carbocycles. The molecule has 1 heterocycles. The number of nitrogens with zero attached hydrogens (tertiary/aromatic N) is 3. The number of hydrogen-bond acceptors (Lipinski definition) is 3. The second kappa shape index (κ2) is 8.19. The van der Waals surface area contributed by atoms with Crippen LogP contribution in [0, 0.1) is 5.82 Å². The predicted octanol–water partition coefficient (Wildman–Crippen LogP) is 1.92. The Morgan fingerprint density at radius 1 is 1.09 bits per heavy atom. The molecule has 0 radical (unpaired) electrons. The summed E-state index contributed by atoms with van der Waals surface area (Å²) in [7, 11) is 0.234. The molecule has 0 unspecified atom stereocenters. The first-order chi connectivity index (χ1) is 10.9. The molecule has 2 rings (SSSR count). The summed E-state index contributed by atoms with van der Waals surface area (Å²) < 4.78 is 42.7. The molecule has 1 aromatic rings. The Morgan fingerprint density at radius 2 is 1.74 bits per heavy atom. The summed E-state index contributed by atoms with van der Waals surface area (Å²) in [4.78, 5) is 1.93. The van der Waals surface area contributed by atoms with Crippen LogP contribution in [0.1, 0.15) is 24.8 Å². The molecule has 0 saturated carbocycles. The van der Waals surface area contributed by atoms with Crippen molar-refractivity contribution in [3.63, 3.8) is 0 Å². The lowest BCUT2D eigenvalue weighted by Crippen LogP contribution is -2.47. The first kappa shape index (κ1) is 18.3. The van der Waals surface area contributed by atoms with Gasteiger partial charge in [0.15, 0.2) is 0 Å². The van der Waals surface area contributed by atoms with Crippen LogP contribution in [-0.2, 0) is 16.8 Å². The lowest BCUT2D eigenvalue weighted by atomic mass is 10.2. The molecule has 7 heteroatoms. The van der Waals surface area contributed by atoms with Gasteiger partial charge in [-0.1, -0.05) is 24.6 Å². The molecular weight excluding hydrogens is 317 g/mol. The fraction of sp³-hybridized carbons (Fsp3) is 0.625. The monoisotopic (exact) mass is 343 g/mol. The summed E-state index contributed by atoms with van der Waals surface area (Å²) in [6, 6.07) is 6.36. The maximum atomic E-state index is 13.9. The number of benzene rings is 1. The molecule has 23 heavy (non-hydrogen) atoms. The fourth-order valence-corrected chi connectivity index (χ4v) is 4.32. The zero-order chi connectivity index (χ0) is 16.9. The third kappa shape index (κ3) is 4.97. The maximum Gasteiger partial charge on any atom is 0.282 e. The Hall–Kier alpha value is -1.02. The van der Waals surface area contributed by atoms with Crippen LogP contribution in [0.15, 0.2) is 24.3 Å². The fourth-order valence-electron chi connectivity index (χ4n) is 2.66. The minimum atomic E-state index is -3.56. The van der Waals surface area contributed by atoms with Crippen LogP contribution >= 0.6 is 0 Å². The summed E-state index contributed by atoms with van der Waals surface area (Å²) >= 11 is 0. The maximum absolute atomic E-state index is 13.9. The van der Waals surface area contributed by atoms with Gasteiger partial charge in [-0.05, 0) is 33.0 Å². The summed E-state index contributed by atoms with van der Waals surface area (Å²) in [6.45, 7) is 2.12. The minimum absolute atomic E-state index is 0.0688. The molecule has 0 spiro atoms. The Morgan fingerprint density at radius 3 is 2.35 bits per heavy atom. The predicted molar refractivity (Wildman–Crippen MR) is 89.7 cm³/mol. The van der Waals surface area contributed by atoms with Gasteiger partial charge in [0.1, 0.15) is 5.82 Å². The van der Waals surface area contributed by atoms with Crippen molar-refractivity contribution in [2.45, 2.75) is 25.8 Å². The van der Waals surface area contributed by atoms with Crippen LogP contribution in [0.4, 0.5) is 4.39 Å². The van der Waals surface area contributed by atoms with Gasteiger partial charge in [0.25, 0.3) is 10.2 Å². The average molecular weight is 343 g/mol. The molecule has 130 valence electrons. The second-order valence-corrected chi connectivity index (χ2v) is 8.12. The molecule has 0 amide bonds. The van der Waals surface area contributed by atoms with Crippen LogP contribution in [0.25, 0.3) is 0 Å². The zero-order valence-electron chi connectivity index (χ0n) is 13.9. The van der Waals surface area contributed by atoms with Crippen molar-refractivity contribution >= 4 is 10.2 Å². The molecule has 1 aromatic carbocycles. The molecule has 0 atom stereocenters. The van der Waals surface area contributed by atoms with E-state index < -0.39 is 10.2 Å².